The van der Waals surface area contributed by atoms with Crippen molar-refractivity contribution >= 4 is 31.2 Å². The van der Waals surface area contributed by atoms with Crippen LogP contribution in [0.2, 0.25) is 0 Å². The normalized spacial score (nSPS) is 13.9. The average molecular weight is 276 g/mol. The highest BCUT2D eigenvalue weighted by Crippen LogP contribution is 2.34. The monoisotopic (exact) mass is 276 g/mol. The van der Waals surface area contributed by atoms with Crippen LogP contribution >= 0.6 is 11.3 Å². The van der Waals surface area contributed by atoms with Crippen molar-refractivity contribution in [1.82, 2.24) is 0 Å². The van der Waals surface area contributed by atoms with E-state index in [4.69, 9.17) is 0 Å². The van der Waals surface area contributed by atoms with Gasteiger partial charge >= 0.3 is 0 Å². The van der Waals surface area contributed by atoms with Gasteiger partial charge in [0.25, 0.3) is 0 Å². The molecule has 0 aliphatic carbocycles. The van der Waals surface area contributed by atoms with Crippen molar-refractivity contribution in [3.05, 3.63) is 82.0 Å². The molecule has 2 radical (unpaired) electrons. The molecule has 0 unspecified atom stereocenters. The van der Waals surface area contributed by atoms with E-state index < -0.39 is 0 Å². The summed E-state index contributed by atoms with van der Waals surface area (Å²) in [5.74, 6) is 0.425. The third kappa shape index (κ3) is 1.79. The molecule has 0 saturated carbocycles. The Bertz CT molecular complexity index is 670. The second-order valence-electron chi connectivity index (χ2n) is 4.75. The lowest BCUT2D eigenvalue weighted by molar-refractivity contribution is 1.02. The quantitative estimate of drug-likeness (QED) is 0.469. The maximum absolute atomic E-state index is 2.29. The highest BCUT2D eigenvalue weighted by atomic mass is 32.1. The summed E-state index contributed by atoms with van der Waals surface area (Å²) in [4.78, 5) is 1.45. The molecule has 0 amide bonds. The van der Waals surface area contributed by atoms with Crippen LogP contribution in [0.5, 0.6) is 0 Å². The predicted octanol–water partition coefficient (Wildman–Crippen LogP) is 2.90. The van der Waals surface area contributed by atoms with E-state index in [0.29, 0.717) is 5.92 Å². The van der Waals surface area contributed by atoms with Crippen LogP contribution in [0, 0.1) is 0 Å². The summed E-state index contributed by atoms with van der Waals surface area (Å²) in [7, 11) is 0.789. The molecular formula is C17H12SSi. The molecule has 2 heterocycles. The Hall–Kier alpha value is -1.64. The Morgan fingerprint density at radius 3 is 1.95 bits per heavy atom. The van der Waals surface area contributed by atoms with Gasteiger partial charge in [0, 0.05) is 10.8 Å². The maximum Gasteiger partial charge on any atom is 0.122 e. The molecule has 3 aromatic rings. The van der Waals surface area contributed by atoms with Crippen LogP contribution in [0.15, 0.2) is 66.0 Å². The molecule has 0 fully saturated rings. The minimum absolute atomic E-state index is 0.425. The van der Waals surface area contributed by atoms with Gasteiger partial charge in [0.2, 0.25) is 0 Å². The first kappa shape index (κ1) is 11.2. The van der Waals surface area contributed by atoms with Crippen LogP contribution in [-0.2, 0) is 0 Å². The topological polar surface area (TPSA) is 0 Å². The number of benzene rings is 2. The second-order valence-corrected chi connectivity index (χ2v) is 7.05. The number of hydrogen-bond acceptors (Lipinski definition) is 1. The van der Waals surface area contributed by atoms with E-state index in [1.54, 1.807) is 0 Å². The lowest BCUT2D eigenvalue weighted by Gasteiger charge is -2.27. The van der Waals surface area contributed by atoms with Gasteiger partial charge in [0.05, 0.1) is 0 Å². The van der Waals surface area contributed by atoms with Gasteiger partial charge in [0.15, 0.2) is 0 Å². The molecule has 1 aromatic heterocycles. The summed E-state index contributed by atoms with van der Waals surface area (Å²) in [6.45, 7) is 0. The van der Waals surface area contributed by atoms with Gasteiger partial charge in [0.1, 0.15) is 9.52 Å². The van der Waals surface area contributed by atoms with E-state index in [2.05, 4.69) is 66.0 Å². The molecule has 4 rings (SSSR count). The number of fused-ring (bicyclic) bond motifs is 2. The van der Waals surface area contributed by atoms with Crippen molar-refractivity contribution < 1.29 is 0 Å². The first-order chi connectivity index (χ1) is 9.43. The highest BCUT2D eigenvalue weighted by Gasteiger charge is 2.27. The van der Waals surface area contributed by atoms with Crippen LogP contribution in [-0.4, -0.2) is 9.52 Å². The first-order valence-corrected chi connectivity index (χ1v) is 8.30. The molecule has 0 N–H and O–H groups in total. The van der Waals surface area contributed by atoms with E-state index >= 15 is 0 Å². The highest BCUT2D eigenvalue weighted by molar-refractivity contribution is 7.10. The molecular weight excluding hydrogens is 264 g/mol. The Morgan fingerprint density at radius 2 is 1.37 bits per heavy atom. The van der Waals surface area contributed by atoms with E-state index in [1.807, 2.05) is 11.3 Å². The van der Waals surface area contributed by atoms with Gasteiger partial charge in [-0.2, -0.15) is 0 Å². The molecule has 0 atom stereocenters. The number of hydrogen-bond donors (Lipinski definition) is 0. The predicted molar refractivity (Wildman–Crippen MR) is 83.2 cm³/mol. The zero-order valence-corrected chi connectivity index (χ0v) is 12.2. The van der Waals surface area contributed by atoms with Crippen LogP contribution in [0.1, 0.15) is 21.9 Å². The minimum Gasteiger partial charge on any atom is -0.148 e. The molecule has 0 nitrogen and oxygen atoms in total. The van der Waals surface area contributed by atoms with Crippen molar-refractivity contribution in [2.75, 3.05) is 0 Å². The minimum atomic E-state index is 0.425. The van der Waals surface area contributed by atoms with Gasteiger partial charge in [-0.25, -0.2) is 0 Å². The van der Waals surface area contributed by atoms with Gasteiger partial charge in [-0.15, -0.1) is 11.3 Å². The van der Waals surface area contributed by atoms with E-state index in [9.17, 15) is 0 Å². The Labute approximate surface area is 119 Å². The third-order valence-electron chi connectivity index (χ3n) is 3.64. The molecule has 0 saturated heterocycles. The summed E-state index contributed by atoms with van der Waals surface area (Å²) in [6.07, 6.45) is 0. The van der Waals surface area contributed by atoms with Gasteiger partial charge < -0.3 is 0 Å². The second kappa shape index (κ2) is 4.48. The van der Waals surface area contributed by atoms with Gasteiger partial charge in [-0.3, -0.25) is 0 Å². The molecule has 0 bridgehead atoms. The maximum atomic E-state index is 2.29. The van der Waals surface area contributed by atoms with E-state index in [0.717, 1.165) is 9.52 Å². The lowest BCUT2D eigenvalue weighted by atomic mass is 9.89. The van der Waals surface area contributed by atoms with Crippen LogP contribution in [0.25, 0.3) is 0 Å². The largest absolute Gasteiger partial charge is 0.148 e. The van der Waals surface area contributed by atoms with Crippen molar-refractivity contribution in [2.24, 2.45) is 0 Å². The molecule has 2 aromatic carbocycles. The molecule has 90 valence electrons. The van der Waals surface area contributed by atoms with Crippen molar-refractivity contribution in [2.45, 2.75) is 5.92 Å². The molecule has 2 heteroatoms. The van der Waals surface area contributed by atoms with E-state index in [-0.39, 0.29) is 0 Å². The summed E-state index contributed by atoms with van der Waals surface area (Å²) in [5, 5.41) is 5.18. The van der Waals surface area contributed by atoms with Crippen LogP contribution in [0.4, 0.5) is 0 Å². The van der Waals surface area contributed by atoms with Crippen LogP contribution in [0.3, 0.4) is 0 Å². The smallest absolute Gasteiger partial charge is 0.122 e. The fraction of sp³-hybridized carbons (Fsp3) is 0.0588. The fourth-order valence-electron chi connectivity index (χ4n) is 2.80. The Balaban J connectivity index is 1.98. The Morgan fingerprint density at radius 1 is 0.737 bits per heavy atom. The molecule has 1 aliphatic heterocycles. The zero-order valence-electron chi connectivity index (χ0n) is 10.3. The van der Waals surface area contributed by atoms with E-state index in [1.165, 1.54) is 26.4 Å². The molecule has 0 spiro atoms. The van der Waals surface area contributed by atoms with Crippen molar-refractivity contribution in [1.29, 1.82) is 0 Å². The Kier molecular flexibility index (Phi) is 2.64. The third-order valence-corrected chi connectivity index (χ3v) is 6.03. The van der Waals surface area contributed by atoms with Crippen molar-refractivity contribution in [3.63, 3.8) is 0 Å². The number of thiophene rings is 1. The SMILES string of the molecule is c1csc(C2c3ccccc3[Si]c3ccccc32)c1. The summed E-state index contributed by atoms with van der Waals surface area (Å²) >= 11 is 1.86. The summed E-state index contributed by atoms with van der Waals surface area (Å²) in [5.41, 5.74) is 2.98. The first-order valence-electron chi connectivity index (χ1n) is 6.42. The van der Waals surface area contributed by atoms with Gasteiger partial charge in [-0.1, -0.05) is 65.0 Å². The fourth-order valence-corrected chi connectivity index (χ4v) is 5.05. The lowest BCUT2D eigenvalue weighted by Crippen LogP contribution is -2.39. The summed E-state index contributed by atoms with van der Waals surface area (Å²) in [6, 6.07) is 22.2. The van der Waals surface area contributed by atoms with Gasteiger partial charge in [-0.05, 0) is 22.6 Å². The molecule has 1 aliphatic rings. The van der Waals surface area contributed by atoms with Crippen LogP contribution < -0.4 is 10.4 Å². The molecule has 19 heavy (non-hydrogen) atoms. The summed E-state index contributed by atoms with van der Waals surface area (Å²) < 4.78 is 0. The standard InChI is InChI=1S/C17H12SSi/c1-3-9-15-12(6-1)17(14-8-5-11-18-14)13-7-2-4-10-16(13)19-15/h1-11,17H. The number of rotatable bonds is 1. The average Bonchev–Trinajstić information content (AvgIpc) is 2.98. The zero-order chi connectivity index (χ0) is 12.7. The van der Waals surface area contributed by atoms with Crippen molar-refractivity contribution in [3.8, 4) is 0 Å².